The number of methoxy groups -OCH3 is 2. The van der Waals surface area contributed by atoms with Crippen molar-refractivity contribution in [2.45, 2.75) is 6.10 Å². The third kappa shape index (κ3) is 2.77. The van der Waals surface area contributed by atoms with E-state index in [1.54, 1.807) is 0 Å². The number of amides is 1. The summed E-state index contributed by atoms with van der Waals surface area (Å²) < 4.78 is 9.40. The Bertz CT molecular complexity index is 107. The number of nitrogens with one attached hydrogen (secondary N) is 1. The van der Waals surface area contributed by atoms with Gasteiger partial charge in [-0.15, -0.1) is 0 Å². The SMILES string of the molecule is COCC(OC)C(=O)NN. The summed E-state index contributed by atoms with van der Waals surface area (Å²) in [6.45, 7) is 0.208. The summed E-state index contributed by atoms with van der Waals surface area (Å²) >= 11 is 0. The molecular formula is C5H12N2O3. The summed E-state index contributed by atoms with van der Waals surface area (Å²) in [7, 11) is 2.90. The highest BCUT2D eigenvalue weighted by Crippen LogP contribution is 1.88. The van der Waals surface area contributed by atoms with Gasteiger partial charge >= 0.3 is 0 Å². The van der Waals surface area contributed by atoms with Crippen molar-refractivity contribution >= 4 is 5.91 Å². The van der Waals surface area contributed by atoms with E-state index in [1.807, 2.05) is 5.43 Å². The van der Waals surface area contributed by atoms with E-state index in [0.717, 1.165) is 0 Å². The van der Waals surface area contributed by atoms with Crippen molar-refractivity contribution in [3.8, 4) is 0 Å². The fourth-order valence-corrected chi connectivity index (χ4v) is 0.495. The Hall–Kier alpha value is -0.650. The second-order valence-electron chi connectivity index (χ2n) is 1.69. The fourth-order valence-electron chi connectivity index (χ4n) is 0.495. The van der Waals surface area contributed by atoms with Gasteiger partial charge in [0.25, 0.3) is 5.91 Å². The molecule has 1 atom stereocenters. The van der Waals surface area contributed by atoms with Gasteiger partial charge in [0.2, 0.25) is 0 Å². The standard InChI is InChI=1S/C5H12N2O3/c1-9-3-4(10-2)5(8)7-6/h4H,3,6H2,1-2H3,(H,7,8). The molecule has 0 aliphatic carbocycles. The number of carbonyl (C=O) groups is 1. The minimum absolute atomic E-state index is 0.208. The van der Waals surface area contributed by atoms with Gasteiger partial charge in [0, 0.05) is 14.2 Å². The number of hydrogen-bond donors (Lipinski definition) is 2. The first-order valence-corrected chi connectivity index (χ1v) is 2.78. The zero-order valence-corrected chi connectivity index (χ0v) is 6.09. The first kappa shape index (κ1) is 9.35. The third-order valence-corrected chi connectivity index (χ3v) is 1.04. The van der Waals surface area contributed by atoms with Crippen molar-refractivity contribution in [1.29, 1.82) is 0 Å². The van der Waals surface area contributed by atoms with Crippen LogP contribution >= 0.6 is 0 Å². The van der Waals surface area contributed by atoms with E-state index in [2.05, 4.69) is 4.74 Å². The van der Waals surface area contributed by atoms with E-state index in [0.29, 0.717) is 0 Å². The Morgan fingerprint density at radius 3 is 2.60 bits per heavy atom. The fraction of sp³-hybridized carbons (Fsp3) is 0.800. The quantitative estimate of drug-likeness (QED) is 0.293. The van der Waals surface area contributed by atoms with Gasteiger partial charge in [-0.1, -0.05) is 0 Å². The van der Waals surface area contributed by atoms with Crippen LogP contribution in [-0.4, -0.2) is 32.8 Å². The number of rotatable bonds is 4. The Morgan fingerprint density at radius 2 is 2.30 bits per heavy atom. The van der Waals surface area contributed by atoms with E-state index in [9.17, 15) is 4.79 Å². The molecule has 3 N–H and O–H groups in total. The first-order valence-electron chi connectivity index (χ1n) is 2.78. The molecular weight excluding hydrogens is 136 g/mol. The van der Waals surface area contributed by atoms with Crippen LogP contribution in [0.15, 0.2) is 0 Å². The Morgan fingerprint density at radius 1 is 1.70 bits per heavy atom. The number of carbonyl (C=O) groups excluding carboxylic acids is 1. The Labute approximate surface area is 59.4 Å². The van der Waals surface area contributed by atoms with Crippen LogP contribution in [0.5, 0.6) is 0 Å². The summed E-state index contributed by atoms with van der Waals surface area (Å²) in [4.78, 5) is 10.7. The van der Waals surface area contributed by atoms with Gasteiger partial charge in [-0.2, -0.15) is 0 Å². The zero-order chi connectivity index (χ0) is 7.98. The maximum Gasteiger partial charge on any atom is 0.265 e. The summed E-state index contributed by atoms with van der Waals surface area (Å²) in [5.74, 6) is 4.46. The van der Waals surface area contributed by atoms with Crippen molar-refractivity contribution in [2.24, 2.45) is 5.84 Å². The largest absolute Gasteiger partial charge is 0.381 e. The average molecular weight is 148 g/mol. The molecule has 0 aromatic heterocycles. The van der Waals surface area contributed by atoms with Crippen LogP contribution in [0.25, 0.3) is 0 Å². The molecule has 0 aromatic rings. The Balaban J connectivity index is 3.68. The van der Waals surface area contributed by atoms with Crippen LogP contribution in [0.4, 0.5) is 0 Å². The van der Waals surface area contributed by atoms with Gasteiger partial charge in [-0.05, 0) is 0 Å². The molecule has 60 valence electrons. The second-order valence-corrected chi connectivity index (χ2v) is 1.69. The molecule has 1 unspecified atom stereocenters. The van der Waals surface area contributed by atoms with Crippen molar-refractivity contribution in [3.05, 3.63) is 0 Å². The van der Waals surface area contributed by atoms with Crippen molar-refractivity contribution in [1.82, 2.24) is 5.43 Å². The first-order chi connectivity index (χ1) is 4.76. The van der Waals surface area contributed by atoms with Crippen LogP contribution in [0.2, 0.25) is 0 Å². The van der Waals surface area contributed by atoms with Gasteiger partial charge in [0.05, 0.1) is 6.61 Å². The molecule has 0 radical (unpaired) electrons. The Kier molecular flexibility index (Phi) is 4.82. The minimum atomic E-state index is -0.616. The van der Waals surface area contributed by atoms with Crippen LogP contribution in [0.3, 0.4) is 0 Å². The molecule has 10 heavy (non-hydrogen) atoms. The summed E-state index contributed by atoms with van der Waals surface area (Å²) in [6, 6.07) is 0. The maximum absolute atomic E-state index is 10.7. The van der Waals surface area contributed by atoms with E-state index >= 15 is 0 Å². The van der Waals surface area contributed by atoms with Crippen LogP contribution in [-0.2, 0) is 14.3 Å². The summed E-state index contributed by atoms with van der Waals surface area (Å²) in [6.07, 6.45) is -0.616. The third-order valence-electron chi connectivity index (χ3n) is 1.04. The number of hydrazine groups is 1. The molecule has 0 saturated carbocycles. The topological polar surface area (TPSA) is 73.6 Å². The van der Waals surface area contributed by atoms with Gasteiger partial charge in [-0.25, -0.2) is 5.84 Å². The molecule has 5 heteroatoms. The van der Waals surface area contributed by atoms with E-state index in [4.69, 9.17) is 10.6 Å². The van der Waals surface area contributed by atoms with Crippen LogP contribution < -0.4 is 11.3 Å². The predicted molar refractivity (Wildman–Crippen MR) is 35.0 cm³/mol. The van der Waals surface area contributed by atoms with Crippen LogP contribution in [0.1, 0.15) is 0 Å². The van der Waals surface area contributed by atoms with E-state index < -0.39 is 6.10 Å². The molecule has 1 amide bonds. The monoisotopic (exact) mass is 148 g/mol. The minimum Gasteiger partial charge on any atom is -0.381 e. The lowest BCUT2D eigenvalue weighted by Crippen LogP contribution is -2.42. The van der Waals surface area contributed by atoms with Gasteiger partial charge in [-0.3, -0.25) is 10.2 Å². The van der Waals surface area contributed by atoms with Gasteiger partial charge < -0.3 is 9.47 Å². The van der Waals surface area contributed by atoms with E-state index in [1.165, 1.54) is 14.2 Å². The molecule has 0 aromatic carbocycles. The normalized spacial score (nSPS) is 12.7. The molecule has 0 rings (SSSR count). The zero-order valence-electron chi connectivity index (χ0n) is 6.09. The lowest BCUT2D eigenvalue weighted by atomic mass is 10.3. The molecule has 0 bridgehead atoms. The van der Waals surface area contributed by atoms with Crippen molar-refractivity contribution in [3.63, 3.8) is 0 Å². The molecule has 0 aliphatic heterocycles. The number of ether oxygens (including phenoxy) is 2. The van der Waals surface area contributed by atoms with Gasteiger partial charge in [0.1, 0.15) is 0 Å². The molecule has 5 nitrogen and oxygen atoms in total. The highest BCUT2D eigenvalue weighted by molar-refractivity contribution is 5.80. The number of hydrogen-bond acceptors (Lipinski definition) is 4. The maximum atomic E-state index is 10.7. The highest BCUT2D eigenvalue weighted by atomic mass is 16.5. The molecule has 0 aliphatic rings. The summed E-state index contributed by atoms with van der Waals surface area (Å²) in [5.41, 5.74) is 1.96. The smallest absolute Gasteiger partial charge is 0.265 e. The molecule has 0 saturated heterocycles. The second kappa shape index (κ2) is 5.16. The lowest BCUT2D eigenvalue weighted by molar-refractivity contribution is -0.134. The predicted octanol–water partition coefficient (Wildman–Crippen LogP) is -1.36. The highest BCUT2D eigenvalue weighted by Gasteiger charge is 2.15. The van der Waals surface area contributed by atoms with Gasteiger partial charge in [0.15, 0.2) is 6.10 Å². The van der Waals surface area contributed by atoms with E-state index in [-0.39, 0.29) is 12.5 Å². The van der Waals surface area contributed by atoms with Crippen molar-refractivity contribution < 1.29 is 14.3 Å². The van der Waals surface area contributed by atoms with Crippen LogP contribution in [0, 0.1) is 0 Å². The molecule has 0 heterocycles. The molecule has 0 fully saturated rings. The summed E-state index contributed by atoms with van der Waals surface area (Å²) in [5, 5.41) is 0. The number of nitrogens with two attached hydrogens (primary N) is 1. The average Bonchev–Trinajstić information content (AvgIpc) is 1.99. The molecule has 0 spiro atoms. The van der Waals surface area contributed by atoms with Crippen molar-refractivity contribution in [2.75, 3.05) is 20.8 Å². The lowest BCUT2D eigenvalue weighted by Gasteiger charge is -2.10.